The van der Waals surface area contributed by atoms with Crippen molar-refractivity contribution in [2.45, 2.75) is 26.3 Å². The van der Waals surface area contributed by atoms with Crippen LogP contribution in [-0.2, 0) is 6.54 Å². The Hall–Kier alpha value is -1.06. The molecular weight excluding hydrogens is 200 g/mol. The van der Waals surface area contributed by atoms with Crippen molar-refractivity contribution in [3.8, 4) is 0 Å². The lowest BCUT2D eigenvalue weighted by atomic mass is 10.2. The van der Waals surface area contributed by atoms with E-state index < -0.39 is 0 Å². The van der Waals surface area contributed by atoms with Crippen molar-refractivity contribution in [1.82, 2.24) is 0 Å². The molecule has 1 rings (SSSR count). The molecule has 90 valence electrons. The van der Waals surface area contributed by atoms with Gasteiger partial charge in [-0.3, -0.25) is 0 Å². The summed E-state index contributed by atoms with van der Waals surface area (Å²) >= 11 is 0. The Bertz CT molecular complexity index is 302. The summed E-state index contributed by atoms with van der Waals surface area (Å²) in [5.41, 5.74) is 7.92. The van der Waals surface area contributed by atoms with E-state index in [1.807, 2.05) is 12.1 Å². The summed E-state index contributed by atoms with van der Waals surface area (Å²) in [4.78, 5) is 2.21. The summed E-state index contributed by atoms with van der Waals surface area (Å²) in [6.45, 7) is 4.61. The van der Waals surface area contributed by atoms with E-state index in [0.29, 0.717) is 13.1 Å². The third-order valence-corrected chi connectivity index (χ3v) is 2.66. The normalized spacial score (nSPS) is 10.4. The minimum absolute atomic E-state index is 0.191. The first-order valence-corrected chi connectivity index (χ1v) is 5.96. The van der Waals surface area contributed by atoms with Crippen molar-refractivity contribution in [2.75, 3.05) is 24.6 Å². The SMILES string of the molecule is CCCCN(CCO)c1cccc(CN)c1. The molecule has 3 nitrogen and oxygen atoms in total. The van der Waals surface area contributed by atoms with E-state index in [-0.39, 0.29) is 6.61 Å². The number of aliphatic hydroxyl groups is 1. The first kappa shape index (κ1) is 13.0. The molecule has 0 amide bonds. The number of unbranched alkanes of at least 4 members (excludes halogenated alkanes) is 1. The smallest absolute Gasteiger partial charge is 0.0606 e. The first-order chi connectivity index (χ1) is 7.81. The average molecular weight is 222 g/mol. The van der Waals surface area contributed by atoms with Crippen LogP contribution in [0.15, 0.2) is 24.3 Å². The van der Waals surface area contributed by atoms with Gasteiger partial charge in [0.2, 0.25) is 0 Å². The standard InChI is InChI=1S/C13H22N2O/c1-2-3-7-15(8-9-16)13-6-4-5-12(10-13)11-14/h4-6,10,16H,2-3,7-9,11,14H2,1H3. The molecule has 0 heterocycles. The molecule has 16 heavy (non-hydrogen) atoms. The molecule has 3 heteroatoms. The lowest BCUT2D eigenvalue weighted by Crippen LogP contribution is -2.27. The van der Waals surface area contributed by atoms with Crippen LogP contribution < -0.4 is 10.6 Å². The Labute approximate surface area is 97.9 Å². The number of benzene rings is 1. The molecule has 0 radical (unpaired) electrons. The minimum atomic E-state index is 0.191. The van der Waals surface area contributed by atoms with Crippen LogP contribution in [0.4, 0.5) is 5.69 Å². The second kappa shape index (κ2) is 7.25. The van der Waals surface area contributed by atoms with Crippen LogP contribution in [0.2, 0.25) is 0 Å². The van der Waals surface area contributed by atoms with Gasteiger partial charge in [0, 0.05) is 25.3 Å². The van der Waals surface area contributed by atoms with Gasteiger partial charge in [-0.2, -0.15) is 0 Å². The third-order valence-electron chi connectivity index (χ3n) is 2.66. The van der Waals surface area contributed by atoms with Crippen LogP contribution >= 0.6 is 0 Å². The highest BCUT2D eigenvalue weighted by Crippen LogP contribution is 2.16. The summed E-state index contributed by atoms with van der Waals surface area (Å²) in [7, 11) is 0. The summed E-state index contributed by atoms with van der Waals surface area (Å²) in [5.74, 6) is 0. The summed E-state index contributed by atoms with van der Waals surface area (Å²) < 4.78 is 0. The largest absolute Gasteiger partial charge is 0.395 e. The fourth-order valence-electron chi connectivity index (χ4n) is 1.72. The number of hydrogen-bond donors (Lipinski definition) is 2. The van der Waals surface area contributed by atoms with E-state index in [1.54, 1.807) is 0 Å². The maximum absolute atomic E-state index is 9.06. The number of aliphatic hydroxyl groups excluding tert-OH is 1. The van der Waals surface area contributed by atoms with Crippen molar-refractivity contribution in [3.05, 3.63) is 29.8 Å². The highest BCUT2D eigenvalue weighted by atomic mass is 16.3. The zero-order chi connectivity index (χ0) is 11.8. The average Bonchev–Trinajstić information content (AvgIpc) is 2.34. The van der Waals surface area contributed by atoms with Crippen LogP contribution in [0.3, 0.4) is 0 Å². The maximum atomic E-state index is 9.06. The Morgan fingerprint density at radius 3 is 2.75 bits per heavy atom. The zero-order valence-electron chi connectivity index (χ0n) is 10.0. The molecule has 0 aromatic heterocycles. The number of hydrogen-bond acceptors (Lipinski definition) is 3. The lowest BCUT2D eigenvalue weighted by molar-refractivity contribution is 0.301. The molecule has 0 spiro atoms. The van der Waals surface area contributed by atoms with Gasteiger partial charge in [-0.25, -0.2) is 0 Å². The van der Waals surface area contributed by atoms with Crippen LogP contribution in [0.25, 0.3) is 0 Å². The van der Waals surface area contributed by atoms with Crippen LogP contribution in [0.1, 0.15) is 25.3 Å². The second-order valence-electron chi connectivity index (χ2n) is 3.94. The molecule has 0 aliphatic rings. The van der Waals surface area contributed by atoms with Gasteiger partial charge in [0.05, 0.1) is 6.61 Å². The van der Waals surface area contributed by atoms with Gasteiger partial charge in [0.15, 0.2) is 0 Å². The zero-order valence-corrected chi connectivity index (χ0v) is 10.0. The van der Waals surface area contributed by atoms with Crippen LogP contribution in [0.5, 0.6) is 0 Å². The Morgan fingerprint density at radius 2 is 2.12 bits per heavy atom. The van der Waals surface area contributed by atoms with Gasteiger partial charge in [0.1, 0.15) is 0 Å². The number of nitrogens with zero attached hydrogens (tertiary/aromatic N) is 1. The molecule has 0 saturated heterocycles. The molecule has 0 saturated carbocycles. The number of rotatable bonds is 7. The van der Waals surface area contributed by atoms with E-state index in [9.17, 15) is 0 Å². The first-order valence-electron chi connectivity index (χ1n) is 5.96. The molecular formula is C13H22N2O. The van der Waals surface area contributed by atoms with Crippen molar-refractivity contribution in [3.63, 3.8) is 0 Å². The highest BCUT2D eigenvalue weighted by molar-refractivity contribution is 5.48. The van der Waals surface area contributed by atoms with Crippen LogP contribution in [0, 0.1) is 0 Å². The minimum Gasteiger partial charge on any atom is -0.395 e. The van der Waals surface area contributed by atoms with E-state index in [1.165, 1.54) is 6.42 Å². The maximum Gasteiger partial charge on any atom is 0.0606 e. The number of nitrogens with two attached hydrogens (primary N) is 1. The monoisotopic (exact) mass is 222 g/mol. The highest BCUT2D eigenvalue weighted by Gasteiger charge is 2.05. The van der Waals surface area contributed by atoms with E-state index in [2.05, 4.69) is 24.0 Å². The molecule has 0 unspecified atom stereocenters. The van der Waals surface area contributed by atoms with Crippen molar-refractivity contribution in [1.29, 1.82) is 0 Å². The topological polar surface area (TPSA) is 49.5 Å². The molecule has 1 aromatic rings. The fourth-order valence-corrected chi connectivity index (χ4v) is 1.72. The van der Waals surface area contributed by atoms with E-state index >= 15 is 0 Å². The predicted octanol–water partition coefficient (Wildman–Crippen LogP) is 1.74. The second-order valence-corrected chi connectivity index (χ2v) is 3.94. The molecule has 0 aliphatic heterocycles. The quantitative estimate of drug-likeness (QED) is 0.739. The molecule has 0 fully saturated rings. The van der Waals surface area contributed by atoms with Gasteiger partial charge in [-0.1, -0.05) is 25.5 Å². The summed E-state index contributed by atoms with van der Waals surface area (Å²) in [6.07, 6.45) is 2.31. The Balaban J connectivity index is 2.73. The van der Waals surface area contributed by atoms with Gasteiger partial charge in [-0.15, -0.1) is 0 Å². The molecule has 0 bridgehead atoms. The van der Waals surface area contributed by atoms with Crippen molar-refractivity contribution >= 4 is 5.69 Å². The van der Waals surface area contributed by atoms with Crippen LogP contribution in [-0.4, -0.2) is 24.8 Å². The third kappa shape index (κ3) is 3.83. The molecule has 0 atom stereocenters. The Kier molecular flexibility index (Phi) is 5.90. The van der Waals surface area contributed by atoms with Gasteiger partial charge in [0.25, 0.3) is 0 Å². The predicted molar refractivity (Wildman–Crippen MR) is 68.5 cm³/mol. The van der Waals surface area contributed by atoms with Gasteiger partial charge >= 0.3 is 0 Å². The van der Waals surface area contributed by atoms with Gasteiger partial charge in [-0.05, 0) is 24.1 Å². The molecule has 3 N–H and O–H groups in total. The van der Waals surface area contributed by atoms with Gasteiger partial charge < -0.3 is 15.7 Å². The summed E-state index contributed by atoms with van der Waals surface area (Å²) in [5, 5.41) is 9.06. The number of anilines is 1. The van der Waals surface area contributed by atoms with E-state index in [4.69, 9.17) is 10.8 Å². The summed E-state index contributed by atoms with van der Waals surface area (Å²) in [6, 6.07) is 8.23. The lowest BCUT2D eigenvalue weighted by Gasteiger charge is -2.24. The Morgan fingerprint density at radius 1 is 1.31 bits per heavy atom. The van der Waals surface area contributed by atoms with Crippen molar-refractivity contribution < 1.29 is 5.11 Å². The van der Waals surface area contributed by atoms with Crippen molar-refractivity contribution in [2.24, 2.45) is 5.73 Å². The molecule has 0 aliphatic carbocycles. The molecule has 1 aromatic carbocycles. The fraction of sp³-hybridized carbons (Fsp3) is 0.538. The van der Waals surface area contributed by atoms with E-state index in [0.717, 1.165) is 24.2 Å².